The fourth-order valence-electron chi connectivity index (χ4n) is 2.73. The van der Waals surface area contributed by atoms with Gasteiger partial charge in [-0.1, -0.05) is 0 Å². The summed E-state index contributed by atoms with van der Waals surface area (Å²) in [6.45, 7) is 3.50. The standard InChI is InChI=1S/C17H23N5O2/c1-12-11-16(22(2)21-12)20-17(23)19-14-5-3-13(4-6-14)18-15-7-9-24-10-8-15/h3-6,11,15,18H,7-10H2,1-2H3,(H2,19,20,23). The average Bonchev–Trinajstić information content (AvgIpc) is 2.87. The molecule has 0 spiro atoms. The van der Waals surface area contributed by atoms with E-state index in [0.29, 0.717) is 11.9 Å². The number of amides is 2. The number of aromatic nitrogens is 2. The number of benzene rings is 1. The molecule has 7 nitrogen and oxygen atoms in total. The Labute approximate surface area is 141 Å². The molecule has 1 aliphatic rings. The number of carbonyl (C=O) groups is 1. The number of anilines is 3. The maximum Gasteiger partial charge on any atom is 0.324 e. The second-order valence-electron chi connectivity index (χ2n) is 5.98. The van der Waals surface area contributed by atoms with Gasteiger partial charge in [0.2, 0.25) is 0 Å². The number of nitrogens with one attached hydrogen (secondary N) is 3. The van der Waals surface area contributed by atoms with Gasteiger partial charge in [-0.25, -0.2) is 4.79 Å². The van der Waals surface area contributed by atoms with Crippen molar-refractivity contribution in [3.05, 3.63) is 36.0 Å². The molecule has 3 rings (SSSR count). The Morgan fingerprint density at radius 2 is 1.83 bits per heavy atom. The molecule has 0 radical (unpaired) electrons. The zero-order valence-corrected chi connectivity index (χ0v) is 14.0. The molecule has 1 saturated heterocycles. The highest BCUT2D eigenvalue weighted by Crippen LogP contribution is 2.18. The van der Waals surface area contributed by atoms with Crippen molar-refractivity contribution in [3.8, 4) is 0 Å². The molecule has 2 heterocycles. The average molecular weight is 329 g/mol. The van der Waals surface area contributed by atoms with E-state index in [-0.39, 0.29) is 6.03 Å². The van der Waals surface area contributed by atoms with Crippen molar-refractivity contribution in [2.45, 2.75) is 25.8 Å². The summed E-state index contributed by atoms with van der Waals surface area (Å²) in [7, 11) is 1.79. The molecule has 0 aliphatic carbocycles. The lowest BCUT2D eigenvalue weighted by Gasteiger charge is -2.24. The lowest BCUT2D eigenvalue weighted by molar-refractivity contribution is 0.0904. The third-order valence-electron chi connectivity index (χ3n) is 3.98. The van der Waals surface area contributed by atoms with Crippen LogP contribution in [-0.2, 0) is 11.8 Å². The molecule has 3 N–H and O–H groups in total. The molecule has 0 atom stereocenters. The Hall–Kier alpha value is -2.54. The van der Waals surface area contributed by atoms with Crippen LogP contribution in [0.5, 0.6) is 0 Å². The zero-order chi connectivity index (χ0) is 16.9. The molecule has 7 heteroatoms. The Morgan fingerprint density at radius 1 is 1.17 bits per heavy atom. The largest absolute Gasteiger partial charge is 0.382 e. The van der Waals surface area contributed by atoms with Crippen LogP contribution in [0.25, 0.3) is 0 Å². The van der Waals surface area contributed by atoms with E-state index in [1.54, 1.807) is 11.7 Å². The Balaban J connectivity index is 1.53. The second kappa shape index (κ2) is 7.35. The van der Waals surface area contributed by atoms with Gasteiger partial charge < -0.3 is 15.4 Å². The van der Waals surface area contributed by atoms with Crippen molar-refractivity contribution in [2.75, 3.05) is 29.2 Å². The molecule has 1 aliphatic heterocycles. The van der Waals surface area contributed by atoms with Crippen molar-refractivity contribution in [1.29, 1.82) is 0 Å². The zero-order valence-electron chi connectivity index (χ0n) is 14.0. The van der Waals surface area contributed by atoms with Gasteiger partial charge >= 0.3 is 6.03 Å². The first-order chi connectivity index (χ1) is 11.6. The molecular weight excluding hydrogens is 306 g/mol. The summed E-state index contributed by atoms with van der Waals surface area (Å²) in [6.07, 6.45) is 2.04. The predicted molar refractivity (Wildman–Crippen MR) is 94.5 cm³/mol. The van der Waals surface area contributed by atoms with E-state index in [0.717, 1.165) is 43.1 Å². The minimum absolute atomic E-state index is 0.289. The molecule has 2 aromatic rings. The van der Waals surface area contributed by atoms with Crippen LogP contribution < -0.4 is 16.0 Å². The summed E-state index contributed by atoms with van der Waals surface area (Å²) in [6, 6.07) is 9.70. The highest BCUT2D eigenvalue weighted by atomic mass is 16.5. The molecule has 0 unspecified atom stereocenters. The van der Waals surface area contributed by atoms with Gasteiger partial charge in [0, 0.05) is 43.7 Å². The number of rotatable bonds is 4. The van der Waals surface area contributed by atoms with Gasteiger partial charge in [0.15, 0.2) is 0 Å². The number of nitrogens with zero attached hydrogens (tertiary/aromatic N) is 2. The highest BCUT2D eigenvalue weighted by Gasteiger charge is 2.13. The molecular formula is C17H23N5O2. The van der Waals surface area contributed by atoms with Crippen molar-refractivity contribution >= 4 is 23.2 Å². The number of aryl methyl sites for hydroxylation is 2. The van der Waals surface area contributed by atoms with Gasteiger partial charge in [-0.05, 0) is 44.0 Å². The van der Waals surface area contributed by atoms with Crippen LogP contribution >= 0.6 is 0 Å². The molecule has 1 aromatic carbocycles. The Kier molecular flexibility index (Phi) is 5.00. The second-order valence-corrected chi connectivity index (χ2v) is 5.98. The van der Waals surface area contributed by atoms with E-state index in [1.807, 2.05) is 37.3 Å². The third-order valence-corrected chi connectivity index (χ3v) is 3.98. The summed E-state index contributed by atoms with van der Waals surface area (Å²) in [5.74, 6) is 0.655. The SMILES string of the molecule is Cc1cc(NC(=O)Nc2ccc(NC3CCOCC3)cc2)n(C)n1. The summed E-state index contributed by atoms with van der Waals surface area (Å²) < 4.78 is 6.99. The molecule has 1 aromatic heterocycles. The van der Waals surface area contributed by atoms with Crippen molar-refractivity contribution in [2.24, 2.45) is 7.05 Å². The predicted octanol–water partition coefficient (Wildman–Crippen LogP) is 2.96. The van der Waals surface area contributed by atoms with E-state index in [2.05, 4.69) is 21.0 Å². The Morgan fingerprint density at radius 3 is 2.46 bits per heavy atom. The molecule has 2 amide bonds. The lowest BCUT2D eigenvalue weighted by atomic mass is 10.1. The van der Waals surface area contributed by atoms with Crippen molar-refractivity contribution in [1.82, 2.24) is 9.78 Å². The summed E-state index contributed by atoms with van der Waals surface area (Å²) >= 11 is 0. The first kappa shape index (κ1) is 16.3. The van der Waals surface area contributed by atoms with Crippen LogP contribution in [0.15, 0.2) is 30.3 Å². The number of urea groups is 1. The summed E-state index contributed by atoms with van der Waals surface area (Å²) in [5.41, 5.74) is 2.65. The van der Waals surface area contributed by atoms with E-state index < -0.39 is 0 Å². The molecule has 24 heavy (non-hydrogen) atoms. The van der Waals surface area contributed by atoms with Gasteiger partial charge in [-0.15, -0.1) is 0 Å². The Bertz CT molecular complexity index is 690. The van der Waals surface area contributed by atoms with E-state index in [9.17, 15) is 4.79 Å². The van der Waals surface area contributed by atoms with E-state index >= 15 is 0 Å². The monoisotopic (exact) mass is 329 g/mol. The minimum atomic E-state index is -0.289. The first-order valence-electron chi connectivity index (χ1n) is 8.13. The minimum Gasteiger partial charge on any atom is -0.382 e. The topological polar surface area (TPSA) is 80.2 Å². The molecule has 128 valence electrons. The van der Waals surface area contributed by atoms with Gasteiger partial charge in [-0.3, -0.25) is 10.00 Å². The fourth-order valence-corrected chi connectivity index (χ4v) is 2.73. The fraction of sp³-hybridized carbons (Fsp3) is 0.412. The molecule has 1 fully saturated rings. The number of ether oxygens (including phenoxy) is 1. The summed E-state index contributed by atoms with van der Waals surface area (Å²) in [4.78, 5) is 12.1. The maximum absolute atomic E-state index is 12.1. The molecule has 0 bridgehead atoms. The van der Waals surface area contributed by atoms with Crippen LogP contribution in [0.4, 0.5) is 22.0 Å². The normalized spacial score (nSPS) is 15.1. The van der Waals surface area contributed by atoms with Gasteiger partial charge in [0.25, 0.3) is 0 Å². The number of hydrogen-bond acceptors (Lipinski definition) is 4. The van der Waals surface area contributed by atoms with E-state index in [4.69, 9.17) is 4.74 Å². The van der Waals surface area contributed by atoms with Crippen molar-refractivity contribution < 1.29 is 9.53 Å². The van der Waals surface area contributed by atoms with Crippen LogP contribution in [0.1, 0.15) is 18.5 Å². The first-order valence-corrected chi connectivity index (χ1v) is 8.13. The quantitative estimate of drug-likeness (QED) is 0.805. The third kappa shape index (κ3) is 4.26. The smallest absolute Gasteiger partial charge is 0.324 e. The van der Waals surface area contributed by atoms with Crippen LogP contribution in [0.2, 0.25) is 0 Å². The maximum atomic E-state index is 12.1. The van der Waals surface area contributed by atoms with Crippen LogP contribution in [0, 0.1) is 6.92 Å². The van der Waals surface area contributed by atoms with Crippen molar-refractivity contribution in [3.63, 3.8) is 0 Å². The van der Waals surface area contributed by atoms with Crippen LogP contribution in [0.3, 0.4) is 0 Å². The summed E-state index contributed by atoms with van der Waals surface area (Å²) in [5, 5.41) is 13.3. The van der Waals surface area contributed by atoms with Gasteiger partial charge in [-0.2, -0.15) is 5.10 Å². The molecule has 0 saturated carbocycles. The van der Waals surface area contributed by atoms with Crippen LogP contribution in [-0.4, -0.2) is 35.1 Å². The van der Waals surface area contributed by atoms with Gasteiger partial charge in [0.1, 0.15) is 5.82 Å². The number of hydrogen-bond donors (Lipinski definition) is 3. The lowest BCUT2D eigenvalue weighted by Crippen LogP contribution is -2.27. The number of carbonyl (C=O) groups excluding carboxylic acids is 1. The highest BCUT2D eigenvalue weighted by molar-refractivity contribution is 5.99. The van der Waals surface area contributed by atoms with Gasteiger partial charge in [0.05, 0.1) is 5.69 Å². The van der Waals surface area contributed by atoms with E-state index in [1.165, 1.54) is 0 Å².